The van der Waals surface area contributed by atoms with Crippen LogP contribution in [0.5, 0.6) is 0 Å². The number of nitrogens with one attached hydrogen (secondary N) is 1. The van der Waals surface area contributed by atoms with Crippen molar-refractivity contribution in [3.63, 3.8) is 0 Å². The Labute approximate surface area is 148 Å². The Morgan fingerprint density at radius 1 is 0.800 bits per heavy atom. The van der Waals surface area contributed by atoms with Crippen molar-refractivity contribution in [1.82, 2.24) is 9.62 Å². The van der Waals surface area contributed by atoms with Crippen molar-refractivity contribution in [3.05, 3.63) is 54.6 Å². The smallest absolute Gasteiger partial charge is 0.240 e. The Kier molecular flexibility index (Phi) is 7.54. The maximum atomic E-state index is 12.3. The van der Waals surface area contributed by atoms with Crippen LogP contribution in [0.3, 0.4) is 0 Å². The summed E-state index contributed by atoms with van der Waals surface area (Å²) >= 11 is 0. The van der Waals surface area contributed by atoms with Crippen LogP contribution in [0.2, 0.25) is 0 Å². The topological polar surface area (TPSA) is 89.9 Å². The molecule has 0 saturated carbocycles. The molecule has 0 aliphatic heterocycles. The minimum atomic E-state index is -3.59. The molecule has 136 valence electrons. The molecular weight excluding hydrogens is 340 g/mol. The third kappa shape index (κ3) is 5.91. The van der Waals surface area contributed by atoms with Gasteiger partial charge in [0.2, 0.25) is 10.0 Å². The monoisotopic (exact) mass is 364 g/mol. The maximum Gasteiger partial charge on any atom is 0.240 e. The first-order chi connectivity index (χ1) is 12.1. The van der Waals surface area contributed by atoms with E-state index in [0.29, 0.717) is 19.6 Å². The van der Waals surface area contributed by atoms with Gasteiger partial charge in [-0.3, -0.25) is 4.90 Å². The van der Waals surface area contributed by atoms with Crippen molar-refractivity contribution in [2.24, 2.45) is 0 Å². The second kappa shape index (κ2) is 9.65. The first kappa shape index (κ1) is 19.6. The number of nitrogens with zero attached hydrogens (tertiary/aromatic N) is 1. The van der Waals surface area contributed by atoms with E-state index in [0.717, 1.165) is 11.1 Å². The molecule has 0 heterocycles. The number of sulfonamides is 1. The highest BCUT2D eigenvalue weighted by Crippen LogP contribution is 2.20. The zero-order chi connectivity index (χ0) is 18.1. The molecule has 2 rings (SSSR count). The van der Waals surface area contributed by atoms with Crippen LogP contribution >= 0.6 is 0 Å². The van der Waals surface area contributed by atoms with Crippen molar-refractivity contribution >= 4 is 10.0 Å². The van der Waals surface area contributed by atoms with E-state index < -0.39 is 10.0 Å². The summed E-state index contributed by atoms with van der Waals surface area (Å²) in [6.45, 7) is 1.36. The summed E-state index contributed by atoms with van der Waals surface area (Å²) in [5.74, 6) is 0. The van der Waals surface area contributed by atoms with Gasteiger partial charge in [0.25, 0.3) is 0 Å². The van der Waals surface area contributed by atoms with E-state index in [9.17, 15) is 8.42 Å². The number of hydrogen-bond acceptors (Lipinski definition) is 5. The molecule has 0 aliphatic rings. The quantitative estimate of drug-likeness (QED) is 0.583. The predicted octanol–water partition coefficient (Wildman–Crippen LogP) is 0.918. The fourth-order valence-corrected chi connectivity index (χ4v) is 3.52. The highest BCUT2D eigenvalue weighted by atomic mass is 32.2. The van der Waals surface area contributed by atoms with Gasteiger partial charge in [-0.15, -0.1) is 0 Å². The molecule has 0 amide bonds. The van der Waals surface area contributed by atoms with E-state index >= 15 is 0 Å². The Morgan fingerprint density at radius 3 is 1.92 bits per heavy atom. The van der Waals surface area contributed by atoms with E-state index in [4.69, 9.17) is 10.2 Å². The summed E-state index contributed by atoms with van der Waals surface area (Å²) in [6.07, 6.45) is 0. The van der Waals surface area contributed by atoms with Gasteiger partial charge < -0.3 is 10.2 Å². The summed E-state index contributed by atoms with van der Waals surface area (Å²) in [5, 5.41) is 17.9. The van der Waals surface area contributed by atoms with E-state index in [-0.39, 0.29) is 24.7 Å². The Hall–Kier alpha value is -1.77. The number of aliphatic hydroxyl groups excluding tert-OH is 2. The maximum absolute atomic E-state index is 12.3. The van der Waals surface area contributed by atoms with Crippen LogP contribution in [0.4, 0.5) is 0 Å². The van der Waals surface area contributed by atoms with E-state index in [1.165, 1.54) is 0 Å². The second-order valence-corrected chi connectivity index (χ2v) is 7.34. The minimum Gasteiger partial charge on any atom is -0.395 e. The van der Waals surface area contributed by atoms with E-state index in [2.05, 4.69) is 4.72 Å². The standard InChI is InChI=1S/C18H24N2O4S/c21-14-12-20(13-15-22)11-10-19-25(23,24)18-8-6-17(7-9-18)16-4-2-1-3-5-16/h1-9,19,21-22H,10-15H2. The van der Waals surface area contributed by atoms with Crippen LogP contribution in [0.1, 0.15) is 0 Å². The van der Waals surface area contributed by atoms with Crippen LogP contribution < -0.4 is 4.72 Å². The molecule has 0 aliphatic carbocycles. The lowest BCUT2D eigenvalue weighted by molar-refractivity contribution is 0.163. The second-order valence-electron chi connectivity index (χ2n) is 5.58. The highest BCUT2D eigenvalue weighted by Gasteiger charge is 2.14. The SMILES string of the molecule is O=S(=O)(NCCN(CCO)CCO)c1ccc(-c2ccccc2)cc1. The molecule has 2 aromatic rings. The first-order valence-electron chi connectivity index (χ1n) is 8.16. The fourth-order valence-electron chi connectivity index (χ4n) is 2.50. The Balaban J connectivity index is 1.97. The summed E-state index contributed by atoms with van der Waals surface area (Å²) in [4.78, 5) is 2.00. The van der Waals surface area contributed by atoms with Gasteiger partial charge in [0.1, 0.15) is 0 Å². The molecule has 0 spiro atoms. The molecule has 0 fully saturated rings. The molecule has 3 N–H and O–H groups in total. The van der Waals surface area contributed by atoms with E-state index in [1.54, 1.807) is 29.2 Å². The summed E-state index contributed by atoms with van der Waals surface area (Å²) in [6, 6.07) is 16.5. The molecule has 2 aromatic carbocycles. The number of benzene rings is 2. The van der Waals surface area contributed by atoms with Gasteiger partial charge >= 0.3 is 0 Å². The van der Waals surface area contributed by atoms with Crippen molar-refractivity contribution in [1.29, 1.82) is 0 Å². The molecule has 6 nitrogen and oxygen atoms in total. The van der Waals surface area contributed by atoms with Gasteiger partial charge in [-0.05, 0) is 23.3 Å². The van der Waals surface area contributed by atoms with Gasteiger partial charge in [-0.1, -0.05) is 42.5 Å². The van der Waals surface area contributed by atoms with Crippen LogP contribution in [0, 0.1) is 0 Å². The van der Waals surface area contributed by atoms with Gasteiger partial charge in [-0.25, -0.2) is 13.1 Å². The third-order valence-corrected chi connectivity index (χ3v) is 5.30. The molecule has 25 heavy (non-hydrogen) atoms. The average Bonchev–Trinajstić information content (AvgIpc) is 2.63. The van der Waals surface area contributed by atoms with Crippen molar-refractivity contribution in [2.45, 2.75) is 4.90 Å². The van der Waals surface area contributed by atoms with Gasteiger partial charge in [0.15, 0.2) is 0 Å². The third-order valence-electron chi connectivity index (χ3n) is 3.82. The van der Waals surface area contributed by atoms with Crippen molar-refractivity contribution < 1.29 is 18.6 Å². The Morgan fingerprint density at radius 2 is 1.36 bits per heavy atom. The molecule has 0 unspecified atom stereocenters. The molecule has 0 bridgehead atoms. The summed E-state index contributed by atoms with van der Waals surface area (Å²) in [5.41, 5.74) is 1.99. The lowest BCUT2D eigenvalue weighted by Gasteiger charge is -2.20. The Bertz CT molecular complexity index is 727. The first-order valence-corrected chi connectivity index (χ1v) is 9.64. The van der Waals surface area contributed by atoms with Gasteiger partial charge in [-0.2, -0.15) is 0 Å². The van der Waals surface area contributed by atoms with Crippen LogP contribution in [-0.2, 0) is 10.0 Å². The largest absolute Gasteiger partial charge is 0.395 e. The summed E-state index contributed by atoms with van der Waals surface area (Å²) in [7, 11) is -3.59. The lowest BCUT2D eigenvalue weighted by atomic mass is 10.1. The number of rotatable bonds is 10. The molecule has 0 radical (unpaired) electrons. The zero-order valence-electron chi connectivity index (χ0n) is 14.0. The predicted molar refractivity (Wildman–Crippen MR) is 97.7 cm³/mol. The molecule has 0 atom stereocenters. The van der Waals surface area contributed by atoms with Crippen molar-refractivity contribution in [2.75, 3.05) is 39.4 Å². The number of hydrogen-bond donors (Lipinski definition) is 3. The fraction of sp³-hybridized carbons (Fsp3) is 0.333. The van der Waals surface area contributed by atoms with Crippen LogP contribution in [-0.4, -0.2) is 62.9 Å². The summed E-state index contributed by atoms with van der Waals surface area (Å²) < 4.78 is 27.2. The van der Waals surface area contributed by atoms with Gasteiger partial charge in [0, 0.05) is 26.2 Å². The molecule has 7 heteroatoms. The van der Waals surface area contributed by atoms with E-state index in [1.807, 2.05) is 30.3 Å². The normalized spacial score (nSPS) is 11.8. The molecule has 0 saturated heterocycles. The number of aliphatic hydroxyl groups is 2. The van der Waals surface area contributed by atoms with Crippen molar-refractivity contribution in [3.8, 4) is 11.1 Å². The van der Waals surface area contributed by atoms with Crippen LogP contribution in [0.25, 0.3) is 11.1 Å². The van der Waals surface area contributed by atoms with Gasteiger partial charge in [0.05, 0.1) is 18.1 Å². The lowest BCUT2D eigenvalue weighted by Crippen LogP contribution is -2.37. The van der Waals surface area contributed by atoms with Crippen LogP contribution in [0.15, 0.2) is 59.5 Å². The molecular formula is C18H24N2O4S. The zero-order valence-corrected chi connectivity index (χ0v) is 14.8. The highest BCUT2D eigenvalue weighted by molar-refractivity contribution is 7.89. The average molecular weight is 364 g/mol. The molecule has 0 aromatic heterocycles. The minimum absolute atomic E-state index is 0.0340.